The Kier molecular flexibility index (Phi) is 6.85. The van der Waals surface area contributed by atoms with Crippen LogP contribution in [0, 0.1) is 13.8 Å². The number of aliphatic hydroxyl groups is 1. The molecule has 134 valence electrons. The van der Waals surface area contributed by atoms with Crippen molar-refractivity contribution in [1.29, 1.82) is 0 Å². The molecule has 1 heterocycles. The van der Waals surface area contributed by atoms with Gasteiger partial charge in [0.1, 0.15) is 18.2 Å². The van der Waals surface area contributed by atoms with Crippen molar-refractivity contribution in [2.75, 3.05) is 6.61 Å². The van der Waals surface area contributed by atoms with Gasteiger partial charge in [-0.1, -0.05) is 18.2 Å². The summed E-state index contributed by atoms with van der Waals surface area (Å²) in [6, 6.07) is 14.2. The minimum Gasteiger partial charge on any atom is -0.494 e. The van der Waals surface area contributed by atoms with Crippen LogP contribution in [0.25, 0.3) is 11.0 Å². The average Bonchev–Trinajstić information content (AvgIpc) is 2.95. The van der Waals surface area contributed by atoms with Crippen molar-refractivity contribution in [3.05, 3.63) is 59.4 Å². The SMILES string of the molecule is Cc1ccc(OCCCCn2c(CO)nc3ccccc32)cc1C.Cl. The number of halogens is 1. The van der Waals surface area contributed by atoms with Crippen molar-refractivity contribution < 1.29 is 9.84 Å². The molecule has 2 aromatic carbocycles. The highest BCUT2D eigenvalue weighted by Crippen LogP contribution is 2.18. The topological polar surface area (TPSA) is 47.3 Å². The van der Waals surface area contributed by atoms with Gasteiger partial charge < -0.3 is 14.4 Å². The molecule has 3 aromatic rings. The number of imidazole rings is 1. The smallest absolute Gasteiger partial charge is 0.135 e. The molecule has 0 bridgehead atoms. The second kappa shape index (κ2) is 8.88. The predicted molar refractivity (Wildman–Crippen MR) is 104 cm³/mol. The van der Waals surface area contributed by atoms with Gasteiger partial charge in [-0.2, -0.15) is 0 Å². The zero-order chi connectivity index (χ0) is 16.9. The molecule has 0 saturated carbocycles. The third-order valence-electron chi connectivity index (χ3n) is 4.40. The van der Waals surface area contributed by atoms with E-state index in [4.69, 9.17) is 4.74 Å². The highest BCUT2D eigenvalue weighted by atomic mass is 35.5. The first-order chi connectivity index (χ1) is 11.7. The number of aromatic nitrogens is 2. The molecule has 25 heavy (non-hydrogen) atoms. The minimum atomic E-state index is -0.0339. The van der Waals surface area contributed by atoms with Crippen LogP contribution in [0.4, 0.5) is 0 Å². The molecule has 0 radical (unpaired) electrons. The molecule has 0 spiro atoms. The van der Waals surface area contributed by atoms with Gasteiger partial charge in [0, 0.05) is 6.54 Å². The first-order valence-corrected chi connectivity index (χ1v) is 8.44. The monoisotopic (exact) mass is 360 g/mol. The van der Waals surface area contributed by atoms with E-state index < -0.39 is 0 Å². The highest BCUT2D eigenvalue weighted by molar-refractivity contribution is 5.85. The number of para-hydroxylation sites is 2. The largest absolute Gasteiger partial charge is 0.494 e. The number of hydrogen-bond acceptors (Lipinski definition) is 3. The van der Waals surface area contributed by atoms with Crippen LogP contribution in [0.5, 0.6) is 5.75 Å². The molecule has 4 nitrogen and oxygen atoms in total. The van der Waals surface area contributed by atoms with Crippen LogP contribution in [0.1, 0.15) is 29.8 Å². The molecule has 0 fully saturated rings. The third kappa shape index (κ3) is 4.53. The van der Waals surface area contributed by atoms with Crippen LogP contribution in [0.2, 0.25) is 0 Å². The second-order valence-corrected chi connectivity index (χ2v) is 6.13. The normalized spacial score (nSPS) is 10.7. The van der Waals surface area contributed by atoms with Gasteiger partial charge in [0.15, 0.2) is 0 Å². The lowest BCUT2D eigenvalue weighted by Gasteiger charge is -2.10. The Morgan fingerprint density at radius 1 is 1.04 bits per heavy atom. The molecule has 1 N–H and O–H groups in total. The fourth-order valence-electron chi connectivity index (χ4n) is 2.86. The Bertz CT molecular complexity index is 830. The maximum Gasteiger partial charge on any atom is 0.135 e. The molecular formula is C20H25ClN2O2. The predicted octanol–water partition coefficient (Wildman–Crippen LogP) is 4.43. The van der Waals surface area contributed by atoms with E-state index in [0.29, 0.717) is 6.61 Å². The Morgan fingerprint density at radius 3 is 2.60 bits per heavy atom. The Labute approximate surface area is 154 Å². The van der Waals surface area contributed by atoms with Crippen molar-refractivity contribution in [2.24, 2.45) is 0 Å². The summed E-state index contributed by atoms with van der Waals surface area (Å²) in [5.74, 6) is 1.66. The van der Waals surface area contributed by atoms with Crippen molar-refractivity contribution in [1.82, 2.24) is 9.55 Å². The third-order valence-corrected chi connectivity index (χ3v) is 4.40. The quantitative estimate of drug-likeness (QED) is 0.634. The van der Waals surface area contributed by atoms with Gasteiger partial charge in [-0.3, -0.25) is 0 Å². The number of ether oxygens (including phenoxy) is 1. The Balaban J connectivity index is 0.00000225. The van der Waals surface area contributed by atoms with Crippen LogP contribution in [0.3, 0.4) is 0 Å². The summed E-state index contributed by atoms with van der Waals surface area (Å²) in [5, 5.41) is 9.51. The van der Waals surface area contributed by atoms with E-state index in [1.165, 1.54) is 11.1 Å². The Morgan fingerprint density at radius 2 is 1.84 bits per heavy atom. The molecule has 0 amide bonds. The van der Waals surface area contributed by atoms with Crippen molar-refractivity contribution >= 4 is 23.4 Å². The zero-order valence-electron chi connectivity index (χ0n) is 14.7. The molecule has 0 aliphatic heterocycles. The molecule has 0 unspecified atom stereocenters. The van der Waals surface area contributed by atoms with E-state index in [0.717, 1.165) is 42.0 Å². The first-order valence-electron chi connectivity index (χ1n) is 8.44. The van der Waals surface area contributed by atoms with Crippen LogP contribution >= 0.6 is 12.4 Å². The van der Waals surface area contributed by atoms with Gasteiger partial charge in [-0.25, -0.2) is 4.98 Å². The number of fused-ring (bicyclic) bond motifs is 1. The number of hydrogen-bond donors (Lipinski definition) is 1. The maximum atomic E-state index is 9.51. The van der Waals surface area contributed by atoms with Gasteiger partial charge >= 0.3 is 0 Å². The summed E-state index contributed by atoms with van der Waals surface area (Å²) in [5.41, 5.74) is 4.56. The molecule has 3 rings (SSSR count). The molecule has 0 aliphatic rings. The summed E-state index contributed by atoms with van der Waals surface area (Å²) >= 11 is 0. The summed E-state index contributed by atoms with van der Waals surface area (Å²) < 4.78 is 7.93. The van der Waals surface area contributed by atoms with Gasteiger partial charge in [0.2, 0.25) is 0 Å². The second-order valence-electron chi connectivity index (χ2n) is 6.13. The summed E-state index contributed by atoms with van der Waals surface area (Å²) in [6.07, 6.45) is 1.95. The van der Waals surface area contributed by atoms with Gasteiger partial charge in [-0.15, -0.1) is 12.4 Å². The molecule has 0 saturated heterocycles. The average molecular weight is 361 g/mol. The fraction of sp³-hybridized carbons (Fsp3) is 0.350. The van der Waals surface area contributed by atoms with Crippen molar-refractivity contribution in [3.63, 3.8) is 0 Å². The van der Waals surface area contributed by atoms with E-state index >= 15 is 0 Å². The number of unbranched alkanes of at least 4 members (excludes halogenated alkanes) is 1. The summed E-state index contributed by atoms with van der Waals surface area (Å²) in [4.78, 5) is 4.48. The van der Waals surface area contributed by atoms with E-state index in [-0.39, 0.29) is 19.0 Å². The standard InChI is InChI=1S/C20H24N2O2.ClH/c1-15-9-10-17(13-16(15)2)24-12-6-5-11-22-19-8-4-3-7-18(19)21-20(22)14-23;/h3-4,7-10,13,23H,5-6,11-12,14H2,1-2H3;1H. The number of aryl methyl sites for hydroxylation is 3. The van der Waals surface area contributed by atoms with E-state index in [9.17, 15) is 5.11 Å². The van der Waals surface area contributed by atoms with Gasteiger partial charge in [0.05, 0.1) is 17.6 Å². The van der Waals surface area contributed by atoms with Gasteiger partial charge in [-0.05, 0) is 62.1 Å². The molecule has 0 aliphatic carbocycles. The lowest BCUT2D eigenvalue weighted by molar-refractivity contribution is 0.263. The molecule has 5 heteroatoms. The lowest BCUT2D eigenvalue weighted by Crippen LogP contribution is -2.06. The number of nitrogens with zero attached hydrogens (tertiary/aromatic N) is 2. The Hall–Kier alpha value is -2.04. The van der Waals surface area contributed by atoms with Crippen molar-refractivity contribution in [3.8, 4) is 5.75 Å². The van der Waals surface area contributed by atoms with Crippen molar-refractivity contribution in [2.45, 2.75) is 39.8 Å². The van der Waals surface area contributed by atoms with E-state index in [1.54, 1.807) is 0 Å². The fourth-order valence-corrected chi connectivity index (χ4v) is 2.86. The van der Waals surface area contributed by atoms with Crippen LogP contribution < -0.4 is 4.74 Å². The van der Waals surface area contributed by atoms with E-state index in [2.05, 4.69) is 35.5 Å². The first kappa shape index (κ1) is 19.3. The minimum absolute atomic E-state index is 0. The van der Waals surface area contributed by atoms with E-state index in [1.807, 2.05) is 30.3 Å². The lowest BCUT2D eigenvalue weighted by atomic mass is 10.1. The zero-order valence-corrected chi connectivity index (χ0v) is 15.6. The van der Waals surface area contributed by atoms with Crippen LogP contribution in [-0.4, -0.2) is 21.3 Å². The number of benzene rings is 2. The number of aliphatic hydroxyl groups excluding tert-OH is 1. The van der Waals surface area contributed by atoms with Gasteiger partial charge in [0.25, 0.3) is 0 Å². The molecule has 1 aromatic heterocycles. The maximum absolute atomic E-state index is 9.51. The molecule has 0 atom stereocenters. The molecular weight excluding hydrogens is 336 g/mol. The summed E-state index contributed by atoms with van der Waals surface area (Å²) in [6.45, 7) is 5.71. The van der Waals surface area contributed by atoms with Crippen LogP contribution in [0.15, 0.2) is 42.5 Å². The summed E-state index contributed by atoms with van der Waals surface area (Å²) in [7, 11) is 0. The highest BCUT2D eigenvalue weighted by Gasteiger charge is 2.08. The number of rotatable bonds is 7. The van der Waals surface area contributed by atoms with Crippen LogP contribution in [-0.2, 0) is 13.2 Å².